The highest BCUT2D eigenvalue weighted by Crippen LogP contribution is 2.66. The van der Waals surface area contributed by atoms with Crippen molar-refractivity contribution in [1.82, 2.24) is 10.3 Å². The maximum Gasteiger partial charge on any atom is 0.322 e. The van der Waals surface area contributed by atoms with Crippen LogP contribution in [0.1, 0.15) is 51.4 Å². The van der Waals surface area contributed by atoms with E-state index in [4.69, 9.17) is 10.7 Å². The fraction of sp³-hybridized carbons (Fsp3) is 0.594. The van der Waals surface area contributed by atoms with Gasteiger partial charge in [0.1, 0.15) is 5.82 Å². The van der Waals surface area contributed by atoms with Crippen LogP contribution >= 0.6 is 12.4 Å². The number of alkyl halides is 2. The first-order valence-corrected chi connectivity index (χ1v) is 15.5. The van der Waals surface area contributed by atoms with Gasteiger partial charge in [0.2, 0.25) is 5.91 Å². The van der Waals surface area contributed by atoms with E-state index in [0.717, 1.165) is 55.0 Å². The van der Waals surface area contributed by atoms with E-state index in [2.05, 4.69) is 15.1 Å². The zero-order chi connectivity index (χ0) is 28.9. The predicted molar refractivity (Wildman–Crippen MR) is 163 cm³/mol. The summed E-state index contributed by atoms with van der Waals surface area (Å²) >= 11 is 0. The summed E-state index contributed by atoms with van der Waals surface area (Å²) in [6.07, 6.45) is 7.53. The minimum Gasteiger partial charge on any atom is -0.370 e. The molecule has 230 valence electrons. The highest BCUT2D eigenvalue weighted by Gasteiger charge is 2.70. The summed E-state index contributed by atoms with van der Waals surface area (Å²) in [7, 11) is 0. The summed E-state index contributed by atoms with van der Waals surface area (Å²) in [5.74, 6) is -0.703. The number of benzene rings is 1. The van der Waals surface area contributed by atoms with E-state index in [9.17, 15) is 18.4 Å². The largest absolute Gasteiger partial charge is 0.370 e. The predicted octanol–water partition coefficient (Wildman–Crippen LogP) is 5.48. The fourth-order valence-corrected chi connectivity index (χ4v) is 9.43. The molecule has 9 rings (SSSR count). The van der Waals surface area contributed by atoms with Crippen LogP contribution in [-0.2, 0) is 4.79 Å². The lowest BCUT2D eigenvalue weighted by Crippen LogP contribution is -2.63. The number of fused-ring (bicyclic) bond motifs is 1. The number of para-hydroxylation sites is 2. The molecule has 6 fully saturated rings. The molecule has 7 aliphatic rings. The van der Waals surface area contributed by atoms with Gasteiger partial charge in [-0.15, -0.1) is 12.4 Å². The van der Waals surface area contributed by atoms with Crippen LogP contribution in [0, 0.1) is 28.6 Å². The van der Waals surface area contributed by atoms with Crippen molar-refractivity contribution < 1.29 is 18.4 Å². The van der Waals surface area contributed by atoms with Crippen molar-refractivity contribution in [3.8, 4) is 0 Å². The quantitative estimate of drug-likeness (QED) is 0.477. The maximum absolute atomic E-state index is 13.8. The highest BCUT2D eigenvalue weighted by molar-refractivity contribution is 5.98. The summed E-state index contributed by atoms with van der Waals surface area (Å²) in [4.78, 5) is 37.0. The minimum atomic E-state index is -2.49. The number of urea groups is 1. The van der Waals surface area contributed by atoms with E-state index in [1.807, 2.05) is 47.5 Å². The molecule has 5 saturated carbocycles. The monoisotopic (exact) mass is 612 g/mol. The average Bonchev–Trinajstić information content (AvgIpc) is 3.52. The molecule has 11 heteroatoms. The first kappa shape index (κ1) is 28.6. The van der Waals surface area contributed by atoms with E-state index >= 15 is 0 Å². The molecule has 1 aromatic carbocycles. The number of primary amides is 1. The van der Waals surface area contributed by atoms with Gasteiger partial charge in [0, 0.05) is 49.5 Å². The molecule has 1 spiro atoms. The number of nitrogens with two attached hydrogens (primary N) is 1. The molecular weight excluding hydrogens is 574 g/mol. The highest BCUT2D eigenvalue weighted by atomic mass is 35.5. The standard InChI is InChI=1S/C32H38F2N6O2.ClH/c33-32(34)19-31(32)7-9-38(10-8-31)23-5-6-26(36-18-23)39-11-12-40(25-4-2-1-3-24(25)39)29(42)37-27-21-13-20-14-22(27)17-30(15-20,16-21)28(35)41;/h1-6,18,20-22,27H,7-17,19H2,(H2,35,41)(H,37,42);1H. The van der Waals surface area contributed by atoms with Gasteiger partial charge in [-0.05, 0) is 87.0 Å². The number of halogens is 3. The Hall–Kier alpha value is -3.14. The van der Waals surface area contributed by atoms with Crippen molar-refractivity contribution in [2.45, 2.75) is 63.3 Å². The Labute approximate surface area is 256 Å². The van der Waals surface area contributed by atoms with E-state index in [1.165, 1.54) is 0 Å². The topological polar surface area (TPSA) is 94.8 Å². The second-order valence-electron chi connectivity index (χ2n) is 13.9. The third-order valence-corrected chi connectivity index (χ3v) is 11.6. The Morgan fingerprint density at radius 3 is 2.21 bits per heavy atom. The number of piperidine rings is 1. The molecule has 0 radical (unpaired) electrons. The second-order valence-corrected chi connectivity index (χ2v) is 13.9. The Morgan fingerprint density at radius 2 is 1.60 bits per heavy atom. The van der Waals surface area contributed by atoms with Crippen LogP contribution in [0.25, 0.3) is 0 Å². The van der Waals surface area contributed by atoms with Crippen molar-refractivity contribution in [2.24, 2.45) is 34.3 Å². The van der Waals surface area contributed by atoms with Crippen molar-refractivity contribution in [3.63, 3.8) is 0 Å². The molecule has 8 nitrogen and oxygen atoms in total. The first-order chi connectivity index (χ1) is 20.2. The number of carbonyl (C=O) groups excluding carboxylic acids is 2. The van der Waals surface area contributed by atoms with Gasteiger partial charge in [0.25, 0.3) is 5.92 Å². The number of anilines is 4. The minimum absolute atomic E-state index is 0. The normalized spacial score (nSPS) is 32.7. The van der Waals surface area contributed by atoms with Crippen LogP contribution in [0.4, 0.5) is 36.5 Å². The number of nitrogens with one attached hydrogen (secondary N) is 1. The van der Waals surface area contributed by atoms with Gasteiger partial charge >= 0.3 is 6.03 Å². The van der Waals surface area contributed by atoms with E-state index < -0.39 is 11.3 Å². The lowest BCUT2D eigenvalue weighted by molar-refractivity contribution is -0.145. The molecule has 2 unspecified atom stereocenters. The Morgan fingerprint density at radius 1 is 0.930 bits per heavy atom. The first-order valence-electron chi connectivity index (χ1n) is 15.5. The number of nitrogens with zero attached hydrogens (tertiary/aromatic N) is 4. The van der Waals surface area contributed by atoms with Gasteiger partial charge in [-0.1, -0.05) is 12.1 Å². The van der Waals surface area contributed by atoms with Crippen LogP contribution in [0.2, 0.25) is 0 Å². The van der Waals surface area contributed by atoms with Crippen LogP contribution < -0.4 is 25.8 Å². The third-order valence-electron chi connectivity index (χ3n) is 11.6. The number of rotatable bonds is 4. The number of pyridine rings is 1. The number of carbonyl (C=O) groups is 2. The third kappa shape index (κ3) is 4.46. The van der Waals surface area contributed by atoms with Crippen molar-refractivity contribution in [3.05, 3.63) is 42.6 Å². The molecular formula is C32H39ClF2N6O2. The summed E-state index contributed by atoms with van der Waals surface area (Å²) in [6, 6.07) is 11.9. The van der Waals surface area contributed by atoms with Crippen LogP contribution in [0.5, 0.6) is 0 Å². The molecule has 2 aromatic rings. The fourth-order valence-electron chi connectivity index (χ4n) is 9.43. The lowest BCUT2D eigenvalue weighted by Gasteiger charge is -2.59. The smallest absolute Gasteiger partial charge is 0.322 e. The SMILES string of the molecule is Cl.NC(=O)C12CC3CC(C1)C(NC(=O)N1CCN(c4ccc(N5CCC6(CC5)CC6(F)F)cn4)c4ccccc41)C(C3)C2. The average molecular weight is 613 g/mol. The van der Waals surface area contributed by atoms with Crippen LogP contribution in [-0.4, -0.2) is 55.1 Å². The Kier molecular flexibility index (Phi) is 6.62. The molecule has 3 N–H and O–H groups in total. The van der Waals surface area contributed by atoms with E-state index in [0.29, 0.717) is 56.8 Å². The molecule has 4 bridgehead atoms. The van der Waals surface area contributed by atoms with Crippen molar-refractivity contribution in [1.29, 1.82) is 0 Å². The van der Waals surface area contributed by atoms with Crippen LogP contribution in [0.3, 0.4) is 0 Å². The van der Waals surface area contributed by atoms with Gasteiger partial charge in [-0.25, -0.2) is 18.6 Å². The van der Waals surface area contributed by atoms with Gasteiger partial charge in [-0.2, -0.15) is 0 Å². The Balaban J connectivity index is 0.00000300. The van der Waals surface area contributed by atoms with Gasteiger partial charge in [0.15, 0.2) is 0 Å². The summed E-state index contributed by atoms with van der Waals surface area (Å²) in [5.41, 5.74) is 7.44. The molecule has 2 atom stereocenters. The summed E-state index contributed by atoms with van der Waals surface area (Å²) in [6.45, 7) is 2.37. The second kappa shape index (κ2) is 9.94. The van der Waals surface area contributed by atoms with Gasteiger partial charge in [0.05, 0.1) is 23.3 Å². The zero-order valence-corrected chi connectivity index (χ0v) is 25.0. The zero-order valence-electron chi connectivity index (χ0n) is 24.2. The van der Waals surface area contributed by atoms with E-state index in [-0.39, 0.29) is 42.2 Å². The molecule has 3 amide bonds. The maximum atomic E-state index is 13.8. The van der Waals surface area contributed by atoms with E-state index in [1.54, 1.807) is 0 Å². The molecule has 2 aliphatic heterocycles. The van der Waals surface area contributed by atoms with Gasteiger partial charge < -0.3 is 20.9 Å². The number of aromatic nitrogens is 1. The van der Waals surface area contributed by atoms with Crippen molar-refractivity contribution in [2.75, 3.05) is 40.9 Å². The molecule has 1 aromatic heterocycles. The molecule has 1 saturated heterocycles. The van der Waals surface area contributed by atoms with Gasteiger partial charge in [-0.3, -0.25) is 9.69 Å². The lowest BCUT2D eigenvalue weighted by atomic mass is 9.47. The van der Waals surface area contributed by atoms with Crippen LogP contribution in [0.15, 0.2) is 42.6 Å². The molecule has 43 heavy (non-hydrogen) atoms. The number of amides is 3. The summed E-state index contributed by atoms with van der Waals surface area (Å²) < 4.78 is 27.6. The molecule has 5 aliphatic carbocycles. The number of hydrogen-bond acceptors (Lipinski definition) is 5. The molecule has 3 heterocycles. The van der Waals surface area contributed by atoms with Crippen molar-refractivity contribution >= 4 is 47.2 Å². The number of hydrogen-bond donors (Lipinski definition) is 2. The Bertz CT molecular complexity index is 1420. The summed E-state index contributed by atoms with van der Waals surface area (Å²) in [5, 5.41) is 3.39.